The van der Waals surface area contributed by atoms with Crippen molar-refractivity contribution in [3.8, 4) is 0 Å². The van der Waals surface area contributed by atoms with Crippen molar-refractivity contribution < 1.29 is 4.79 Å². The molecular formula is C14H24N2O. The Morgan fingerprint density at radius 1 is 1.12 bits per heavy atom. The molecule has 1 amide bonds. The summed E-state index contributed by atoms with van der Waals surface area (Å²) in [5, 5.41) is 0. The third kappa shape index (κ3) is 2.22. The first-order chi connectivity index (χ1) is 8.15. The SMILES string of the molecule is CC1CN(C)CCCN1C(=O)C1CC2CC2C1. The number of rotatable bonds is 1. The molecule has 1 heterocycles. The van der Waals surface area contributed by atoms with Crippen LogP contribution in [0.4, 0.5) is 0 Å². The number of hydrogen-bond donors (Lipinski definition) is 0. The van der Waals surface area contributed by atoms with E-state index in [1.807, 2.05) is 0 Å². The van der Waals surface area contributed by atoms with Crippen LogP contribution in [0.5, 0.6) is 0 Å². The average molecular weight is 236 g/mol. The second-order valence-corrected chi connectivity index (χ2v) is 6.42. The highest BCUT2D eigenvalue weighted by Gasteiger charge is 2.49. The van der Waals surface area contributed by atoms with E-state index in [-0.39, 0.29) is 0 Å². The first-order valence-corrected chi connectivity index (χ1v) is 7.14. The van der Waals surface area contributed by atoms with Gasteiger partial charge >= 0.3 is 0 Å². The fourth-order valence-corrected chi connectivity index (χ4v) is 3.85. The van der Waals surface area contributed by atoms with E-state index in [0.29, 0.717) is 17.9 Å². The van der Waals surface area contributed by atoms with Crippen molar-refractivity contribution in [1.82, 2.24) is 9.80 Å². The molecule has 3 nitrogen and oxygen atoms in total. The van der Waals surface area contributed by atoms with Crippen molar-refractivity contribution >= 4 is 5.91 Å². The van der Waals surface area contributed by atoms with Crippen LogP contribution in [-0.4, -0.2) is 48.4 Å². The minimum absolute atomic E-state index is 0.365. The summed E-state index contributed by atoms with van der Waals surface area (Å²) < 4.78 is 0. The maximum absolute atomic E-state index is 12.5. The Bertz CT molecular complexity index is 307. The monoisotopic (exact) mass is 236 g/mol. The second kappa shape index (κ2) is 4.27. The molecule has 0 N–H and O–H groups in total. The summed E-state index contributed by atoms with van der Waals surface area (Å²) >= 11 is 0. The van der Waals surface area contributed by atoms with Gasteiger partial charge in [-0.1, -0.05) is 0 Å². The van der Waals surface area contributed by atoms with E-state index in [1.54, 1.807) is 0 Å². The number of carbonyl (C=O) groups excluding carboxylic acids is 1. The molecule has 3 aliphatic rings. The third-order valence-corrected chi connectivity index (χ3v) is 4.92. The van der Waals surface area contributed by atoms with Crippen molar-refractivity contribution in [3.63, 3.8) is 0 Å². The topological polar surface area (TPSA) is 23.6 Å². The van der Waals surface area contributed by atoms with Crippen molar-refractivity contribution in [2.24, 2.45) is 17.8 Å². The Morgan fingerprint density at radius 2 is 1.82 bits per heavy atom. The quantitative estimate of drug-likeness (QED) is 0.690. The van der Waals surface area contributed by atoms with E-state index in [1.165, 1.54) is 19.3 Å². The van der Waals surface area contributed by atoms with Crippen molar-refractivity contribution in [3.05, 3.63) is 0 Å². The van der Waals surface area contributed by atoms with Crippen molar-refractivity contribution in [2.75, 3.05) is 26.7 Å². The Balaban J connectivity index is 1.63. The molecule has 0 aromatic rings. The highest BCUT2D eigenvalue weighted by Crippen LogP contribution is 2.54. The second-order valence-electron chi connectivity index (χ2n) is 6.42. The molecule has 3 unspecified atom stereocenters. The number of amides is 1. The van der Waals surface area contributed by atoms with Gasteiger partial charge in [0.25, 0.3) is 0 Å². The predicted octanol–water partition coefficient (Wildman–Crippen LogP) is 1.59. The minimum Gasteiger partial charge on any atom is -0.338 e. The molecule has 96 valence electrons. The number of nitrogens with zero attached hydrogens (tertiary/aromatic N) is 2. The molecule has 0 bridgehead atoms. The molecule has 3 fully saturated rings. The summed E-state index contributed by atoms with van der Waals surface area (Å²) in [6, 6.07) is 0.395. The molecule has 0 spiro atoms. The van der Waals surface area contributed by atoms with Crippen LogP contribution in [0.3, 0.4) is 0 Å². The first kappa shape index (κ1) is 11.5. The highest BCUT2D eigenvalue weighted by molar-refractivity contribution is 5.79. The van der Waals surface area contributed by atoms with E-state index in [2.05, 4.69) is 23.8 Å². The maximum atomic E-state index is 12.5. The van der Waals surface area contributed by atoms with Crippen molar-refractivity contribution in [1.29, 1.82) is 0 Å². The number of likely N-dealkylation sites (N-methyl/N-ethyl adjacent to an activating group) is 1. The first-order valence-electron chi connectivity index (χ1n) is 7.14. The van der Waals surface area contributed by atoms with Gasteiger partial charge in [0.05, 0.1) is 0 Å². The molecule has 17 heavy (non-hydrogen) atoms. The van der Waals surface area contributed by atoms with Crippen LogP contribution >= 0.6 is 0 Å². The fourth-order valence-electron chi connectivity index (χ4n) is 3.85. The maximum Gasteiger partial charge on any atom is 0.225 e. The average Bonchev–Trinajstić information content (AvgIpc) is 2.94. The Labute approximate surface area is 104 Å². The van der Waals surface area contributed by atoms with E-state index < -0.39 is 0 Å². The lowest BCUT2D eigenvalue weighted by Crippen LogP contribution is -2.44. The van der Waals surface area contributed by atoms with Gasteiger partial charge in [0.1, 0.15) is 0 Å². The zero-order valence-electron chi connectivity index (χ0n) is 11.1. The lowest BCUT2D eigenvalue weighted by molar-refractivity contribution is -0.137. The molecule has 2 saturated carbocycles. The van der Waals surface area contributed by atoms with Gasteiger partial charge in [-0.15, -0.1) is 0 Å². The molecular weight excluding hydrogens is 212 g/mol. The van der Waals surface area contributed by atoms with E-state index in [9.17, 15) is 4.79 Å². The molecule has 3 heteroatoms. The van der Waals surface area contributed by atoms with E-state index in [0.717, 1.165) is 37.9 Å². The minimum atomic E-state index is 0.365. The van der Waals surface area contributed by atoms with Gasteiger partial charge < -0.3 is 9.80 Å². The number of carbonyl (C=O) groups is 1. The molecule has 3 rings (SSSR count). The van der Waals surface area contributed by atoms with Gasteiger partial charge in [-0.2, -0.15) is 0 Å². The van der Waals surface area contributed by atoms with E-state index in [4.69, 9.17) is 0 Å². The molecule has 2 aliphatic carbocycles. The molecule has 1 aliphatic heterocycles. The Kier molecular flexibility index (Phi) is 2.89. The molecule has 1 saturated heterocycles. The van der Waals surface area contributed by atoms with Crippen LogP contribution in [0.15, 0.2) is 0 Å². The molecule has 3 atom stereocenters. The van der Waals surface area contributed by atoms with E-state index >= 15 is 0 Å². The summed E-state index contributed by atoms with van der Waals surface area (Å²) in [6.45, 7) is 5.33. The normalized spacial score (nSPS) is 42.1. The largest absolute Gasteiger partial charge is 0.338 e. The Hall–Kier alpha value is -0.570. The van der Waals surface area contributed by atoms with Gasteiger partial charge in [0.15, 0.2) is 0 Å². The Morgan fingerprint density at radius 3 is 2.53 bits per heavy atom. The highest BCUT2D eigenvalue weighted by atomic mass is 16.2. The fraction of sp³-hybridized carbons (Fsp3) is 0.929. The predicted molar refractivity (Wildman–Crippen MR) is 67.6 cm³/mol. The summed E-state index contributed by atoms with van der Waals surface area (Å²) in [7, 11) is 2.16. The number of fused-ring (bicyclic) bond motifs is 1. The van der Waals surface area contributed by atoms with Gasteiger partial charge in [0.2, 0.25) is 5.91 Å². The van der Waals surface area contributed by atoms with Gasteiger partial charge in [-0.3, -0.25) is 4.79 Å². The summed E-state index contributed by atoms with van der Waals surface area (Å²) in [5.74, 6) is 2.65. The number of hydrogen-bond acceptors (Lipinski definition) is 2. The molecule has 0 radical (unpaired) electrons. The lowest BCUT2D eigenvalue weighted by atomic mass is 10.0. The van der Waals surface area contributed by atoms with Gasteiger partial charge in [-0.05, 0) is 58.0 Å². The summed E-state index contributed by atoms with van der Waals surface area (Å²) in [6.07, 6.45) is 4.90. The summed E-state index contributed by atoms with van der Waals surface area (Å²) in [5.41, 5.74) is 0. The van der Waals surface area contributed by atoms with Crippen LogP contribution in [-0.2, 0) is 4.79 Å². The lowest BCUT2D eigenvalue weighted by Gasteiger charge is -2.30. The van der Waals surface area contributed by atoms with Crippen LogP contribution in [0.25, 0.3) is 0 Å². The van der Waals surface area contributed by atoms with Crippen LogP contribution in [0.2, 0.25) is 0 Å². The summed E-state index contributed by atoms with van der Waals surface area (Å²) in [4.78, 5) is 17.1. The smallest absolute Gasteiger partial charge is 0.225 e. The van der Waals surface area contributed by atoms with Crippen LogP contribution < -0.4 is 0 Å². The van der Waals surface area contributed by atoms with Gasteiger partial charge in [-0.25, -0.2) is 0 Å². The van der Waals surface area contributed by atoms with Crippen molar-refractivity contribution in [2.45, 2.75) is 38.6 Å². The zero-order valence-corrected chi connectivity index (χ0v) is 11.1. The van der Waals surface area contributed by atoms with Crippen LogP contribution in [0, 0.1) is 17.8 Å². The molecule has 0 aromatic carbocycles. The standard InChI is InChI=1S/C14H24N2O/c1-10-9-15(2)4-3-5-16(10)14(17)13-7-11-6-12(11)8-13/h10-13H,3-9H2,1-2H3. The van der Waals surface area contributed by atoms with Crippen LogP contribution in [0.1, 0.15) is 32.6 Å². The zero-order chi connectivity index (χ0) is 12.0. The van der Waals surface area contributed by atoms with Gasteiger partial charge in [0, 0.05) is 25.0 Å². The third-order valence-electron chi connectivity index (χ3n) is 4.92. The molecule has 0 aromatic heterocycles.